The van der Waals surface area contributed by atoms with Crippen LogP contribution in [-0.2, 0) is 12.0 Å². The molecule has 3 heterocycles. The number of H-pyrrole nitrogens is 1. The molecule has 172 valence electrons. The lowest BCUT2D eigenvalue weighted by Crippen LogP contribution is -2.33. The largest absolute Gasteiger partial charge is 0.494 e. The van der Waals surface area contributed by atoms with Crippen LogP contribution in [0.2, 0.25) is 0 Å². The number of aryl methyl sites for hydroxylation is 1. The molecule has 2 N–H and O–H groups in total. The number of nitrogens with one attached hydrogen (secondary N) is 1. The van der Waals surface area contributed by atoms with Gasteiger partial charge in [0.25, 0.3) is 0 Å². The molecule has 0 aliphatic heterocycles. The van der Waals surface area contributed by atoms with Crippen molar-refractivity contribution in [3.05, 3.63) is 94.8 Å². The summed E-state index contributed by atoms with van der Waals surface area (Å²) in [6.45, 7) is 1.88. The van der Waals surface area contributed by atoms with Crippen LogP contribution in [0.15, 0.2) is 60.8 Å². The number of pyridine rings is 1. The Hall–Kier alpha value is -4.18. The van der Waals surface area contributed by atoms with Crippen molar-refractivity contribution in [3.63, 3.8) is 0 Å². The van der Waals surface area contributed by atoms with Gasteiger partial charge in [-0.2, -0.15) is 5.10 Å². The number of aliphatic hydroxyl groups is 1. The summed E-state index contributed by atoms with van der Waals surface area (Å²) in [5.74, 6) is -0.567. The highest BCUT2D eigenvalue weighted by molar-refractivity contribution is 5.73. The molecular weight excluding hydrogens is 442 g/mol. The van der Waals surface area contributed by atoms with Gasteiger partial charge >= 0.3 is 0 Å². The van der Waals surface area contributed by atoms with Crippen LogP contribution >= 0.6 is 0 Å². The summed E-state index contributed by atoms with van der Waals surface area (Å²) in [5, 5.41) is 30.7. The lowest BCUT2D eigenvalue weighted by molar-refractivity contribution is 0.111. The minimum atomic E-state index is -2.20. The van der Waals surface area contributed by atoms with Gasteiger partial charge in [0.15, 0.2) is 11.4 Å². The molecule has 0 aliphatic rings. The molecule has 5 rings (SSSR count). The molecule has 3 aromatic heterocycles. The van der Waals surface area contributed by atoms with Gasteiger partial charge in [0, 0.05) is 16.7 Å². The molecule has 0 saturated heterocycles. The van der Waals surface area contributed by atoms with Crippen molar-refractivity contribution in [2.24, 2.45) is 0 Å². The van der Waals surface area contributed by atoms with Gasteiger partial charge in [-0.25, -0.2) is 18.4 Å². The number of nitrogens with zero attached hydrogens (tertiary/aromatic N) is 5. The first-order chi connectivity index (χ1) is 16.5. The van der Waals surface area contributed by atoms with Gasteiger partial charge in [0.2, 0.25) is 0 Å². The molecule has 0 bridgehead atoms. The monoisotopic (exact) mass is 462 g/mol. The molecule has 0 radical (unpaired) electrons. The number of ether oxygens (including phenoxy) is 1. The number of aromatic amines is 1. The zero-order chi connectivity index (χ0) is 23.9. The smallest absolute Gasteiger partial charge is 0.183 e. The second-order valence-electron chi connectivity index (χ2n) is 7.69. The Bertz CT molecular complexity index is 1440. The molecule has 0 amide bonds. The Kier molecular flexibility index (Phi) is 5.29. The zero-order valence-corrected chi connectivity index (χ0v) is 18.3. The van der Waals surface area contributed by atoms with Gasteiger partial charge in [-0.1, -0.05) is 43.3 Å². The van der Waals surface area contributed by atoms with Crippen molar-refractivity contribution in [3.8, 4) is 17.1 Å². The van der Waals surface area contributed by atoms with Crippen LogP contribution in [0.1, 0.15) is 29.3 Å². The predicted molar refractivity (Wildman–Crippen MR) is 119 cm³/mol. The number of methoxy groups -OCH3 is 1. The van der Waals surface area contributed by atoms with E-state index in [2.05, 4.69) is 25.7 Å². The Labute approximate surface area is 192 Å². The fraction of sp³-hybridized carbons (Fsp3) is 0.167. The SMILES string of the molecule is CCc1c(C(O)(c2ccccc2F)c2ccccc2F)nn2cc(OC)c(-c3nnn[nH]3)cc12. The summed E-state index contributed by atoms with van der Waals surface area (Å²) < 4.78 is 37.2. The second-order valence-corrected chi connectivity index (χ2v) is 7.69. The van der Waals surface area contributed by atoms with E-state index in [1.807, 2.05) is 6.92 Å². The van der Waals surface area contributed by atoms with Crippen molar-refractivity contribution >= 4 is 5.52 Å². The van der Waals surface area contributed by atoms with Crippen LogP contribution in [0.3, 0.4) is 0 Å². The fourth-order valence-electron chi connectivity index (χ4n) is 4.29. The Morgan fingerprint density at radius 1 is 1.06 bits per heavy atom. The number of rotatable bonds is 6. The van der Waals surface area contributed by atoms with E-state index in [0.717, 1.165) is 0 Å². The number of benzene rings is 2. The van der Waals surface area contributed by atoms with Crippen LogP contribution < -0.4 is 4.74 Å². The maximum absolute atomic E-state index is 15.1. The second kappa shape index (κ2) is 8.31. The summed E-state index contributed by atoms with van der Waals surface area (Å²) in [6, 6.07) is 13.3. The number of fused-ring (bicyclic) bond motifs is 1. The van der Waals surface area contributed by atoms with E-state index < -0.39 is 17.2 Å². The van der Waals surface area contributed by atoms with E-state index in [4.69, 9.17) is 4.74 Å². The molecule has 0 fully saturated rings. The van der Waals surface area contributed by atoms with Crippen LogP contribution in [0.25, 0.3) is 16.9 Å². The molecule has 34 heavy (non-hydrogen) atoms. The van der Waals surface area contributed by atoms with Crippen molar-refractivity contribution in [2.45, 2.75) is 18.9 Å². The van der Waals surface area contributed by atoms with Gasteiger partial charge in [-0.3, -0.25) is 0 Å². The van der Waals surface area contributed by atoms with E-state index >= 15 is 8.78 Å². The molecule has 0 spiro atoms. The quantitative estimate of drug-likeness (QED) is 0.400. The van der Waals surface area contributed by atoms with Gasteiger partial charge in [-0.15, -0.1) is 5.10 Å². The maximum atomic E-state index is 15.1. The molecule has 10 heteroatoms. The molecule has 8 nitrogen and oxygen atoms in total. The topological polar surface area (TPSA) is 101 Å². The average Bonchev–Trinajstić information content (AvgIpc) is 3.51. The highest BCUT2D eigenvalue weighted by Gasteiger charge is 2.42. The minimum Gasteiger partial charge on any atom is -0.494 e. The predicted octanol–water partition coefficient (Wildman–Crippen LogP) is 3.65. The number of halogens is 2. The summed E-state index contributed by atoms with van der Waals surface area (Å²) in [4.78, 5) is 0. The third-order valence-electron chi connectivity index (χ3n) is 5.88. The summed E-state index contributed by atoms with van der Waals surface area (Å²) in [6.07, 6.45) is 2.03. The molecule has 0 atom stereocenters. The van der Waals surface area contributed by atoms with Gasteiger partial charge < -0.3 is 9.84 Å². The van der Waals surface area contributed by atoms with E-state index in [1.165, 1.54) is 48.0 Å². The number of aromatic nitrogens is 6. The van der Waals surface area contributed by atoms with Gasteiger partial charge in [0.1, 0.15) is 23.1 Å². The highest BCUT2D eigenvalue weighted by Crippen LogP contribution is 2.42. The minimum absolute atomic E-state index is 0.107. The normalized spacial score (nSPS) is 11.8. The molecule has 0 unspecified atom stereocenters. The van der Waals surface area contributed by atoms with E-state index in [-0.39, 0.29) is 16.8 Å². The van der Waals surface area contributed by atoms with Crippen molar-refractivity contribution < 1.29 is 18.6 Å². The number of tetrazole rings is 1. The Balaban J connectivity index is 1.86. The highest BCUT2D eigenvalue weighted by atomic mass is 19.1. The van der Waals surface area contributed by atoms with Crippen LogP contribution in [0.5, 0.6) is 5.75 Å². The summed E-state index contributed by atoms with van der Waals surface area (Å²) in [5.41, 5.74) is -0.521. The van der Waals surface area contributed by atoms with Crippen molar-refractivity contribution in [1.82, 2.24) is 30.2 Å². The first-order valence-corrected chi connectivity index (χ1v) is 10.5. The third-order valence-corrected chi connectivity index (χ3v) is 5.88. The fourth-order valence-corrected chi connectivity index (χ4v) is 4.29. The standard InChI is InChI=1S/C24H20F2N6O2/c1-3-14-20-12-15(23-27-30-31-28-23)21(34-2)13-32(20)29-22(14)24(33,16-8-4-6-10-18(16)25)17-9-5-7-11-19(17)26/h4-13,33H,3H2,1-2H3,(H,27,28,30,31). The van der Waals surface area contributed by atoms with Gasteiger partial charge in [0.05, 0.1) is 24.4 Å². The van der Waals surface area contributed by atoms with E-state index in [9.17, 15) is 5.11 Å². The van der Waals surface area contributed by atoms with Crippen LogP contribution in [0, 0.1) is 11.6 Å². The van der Waals surface area contributed by atoms with E-state index in [1.54, 1.807) is 24.4 Å². The molecular formula is C24H20F2N6O2. The average molecular weight is 462 g/mol. The summed E-state index contributed by atoms with van der Waals surface area (Å²) >= 11 is 0. The first-order valence-electron chi connectivity index (χ1n) is 10.5. The Morgan fingerprint density at radius 3 is 2.24 bits per heavy atom. The zero-order valence-electron chi connectivity index (χ0n) is 18.3. The molecule has 0 saturated carbocycles. The van der Waals surface area contributed by atoms with Crippen LogP contribution in [-0.4, -0.2) is 42.5 Å². The maximum Gasteiger partial charge on any atom is 0.183 e. The van der Waals surface area contributed by atoms with Crippen molar-refractivity contribution in [1.29, 1.82) is 0 Å². The lowest BCUT2D eigenvalue weighted by Gasteiger charge is -2.29. The van der Waals surface area contributed by atoms with Gasteiger partial charge in [-0.05, 0) is 35.0 Å². The first kappa shape index (κ1) is 21.7. The van der Waals surface area contributed by atoms with E-state index in [0.29, 0.717) is 34.6 Å². The number of hydrogen-bond donors (Lipinski definition) is 2. The van der Waals surface area contributed by atoms with Crippen LogP contribution in [0.4, 0.5) is 8.78 Å². The third kappa shape index (κ3) is 3.22. The van der Waals surface area contributed by atoms with Crippen molar-refractivity contribution in [2.75, 3.05) is 7.11 Å². The summed E-state index contributed by atoms with van der Waals surface area (Å²) in [7, 11) is 1.49. The molecule has 2 aromatic carbocycles. The Morgan fingerprint density at radius 2 is 1.71 bits per heavy atom. The molecule has 5 aromatic rings. The molecule has 0 aliphatic carbocycles. The number of hydrogen-bond acceptors (Lipinski definition) is 6. The lowest BCUT2D eigenvalue weighted by atomic mass is 9.80.